The summed E-state index contributed by atoms with van der Waals surface area (Å²) in [6.07, 6.45) is 9.58. The molecule has 5 rings (SSSR count). The molecule has 114 valence electrons. The molecule has 0 atom stereocenters. The molecule has 5 nitrogen and oxygen atoms in total. The lowest BCUT2D eigenvalue weighted by Gasteiger charge is -2.56. The molecule has 5 heteroatoms. The van der Waals surface area contributed by atoms with Gasteiger partial charge in [-0.25, -0.2) is 0 Å². The average molecular weight is 290 g/mol. The molecule has 21 heavy (non-hydrogen) atoms. The average Bonchev–Trinajstić information content (AvgIpc) is 2.81. The van der Waals surface area contributed by atoms with Crippen molar-refractivity contribution in [1.82, 2.24) is 10.2 Å². The second-order valence-corrected chi connectivity index (χ2v) is 7.58. The van der Waals surface area contributed by atoms with Crippen molar-refractivity contribution in [1.29, 1.82) is 0 Å². The van der Waals surface area contributed by atoms with E-state index in [1.54, 1.807) is 0 Å². The van der Waals surface area contributed by atoms with Crippen molar-refractivity contribution in [2.24, 2.45) is 23.2 Å². The zero-order valence-corrected chi connectivity index (χ0v) is 12.3. The highest BCUT2D eigenvalue weighted by Crippen LogP contribution is 2.60. The Labute approximate surface area is 124 Å². The van der Waals surface area contributed by atoms with Crippen LogP contribution in [-0.4, -0.2) is 21.3 Å². The van der Waals surface area contributed by atoms with Crippen molar-refractivity contribution < 1.29 is 14.3 Å². The van der Waals surface area contributed by atoms with Crippen LogP contribution >= 0.6 is 0 Å². The van der Waals surface area contributed by atoms with Gasteiger partial charge in [-0.3, -0.25) is 4.79 Å². The SMILES string of the molecule is O=C(O)CCc1nnc(CC23CC4CC(CC(C4)C2)C3)o1. The minimum Gasteiger partial charge on any atom is -0.481 e. The van der Waals surface area contributed by atoms with Crippen LogP contribution < -0.4 is 0 Å². The summed E-state index contributed by atoms with van der Waals surface area (Å²) in [5.74, 6) is 3.13. The zero-order valence-electron chi connectivity index (χ0n) is 12.3. The smallest absolute Gasteiger partial charge is 0.303 e. The van der Waals surface area contributed by atoms with E-state index in [-0.39, 0.29) is 6.42 Å². The van der Waals surface area contributed by atoms with Crippen LogP contribution in [-0.2, 0) is 17.6 Å². The van der Waals surface area contributed by atoms with Crippen LogP contribution in [0.1, 0.15) is 56.7 Å². The molecule has 1 aromatic heterocycles. The molecule has 4 fully saturated rings. The van der Waals surface area contributed by atoms with Gasteiger partial charge in [0.05, 0.1) is 6.42 Å². The number of hydrogen-bond donors (Lipinski definition) is 1. The van der Waals surface area contributed by atoms with Gasteiger partial charge in [-0.1, -0.05) is 0 Å². The van der Waals surface area contributed by atoms with Gasteiger partial charge in [-0.05, 0) is 61.7 Å². The Hall–Kier alpha value is -1.39. The van der Waals surface area contributed by atoms with E-state index in [0.717, 1.165) is 30.1 Å². The van der Waals surface area contributed by atoms with Crippen molar-refractivity contribution in [2.75, 3.05) is 0 Å². The molecule has 4 bridgehead atoms. The first kappa shape index (κ1) is 13.3. The number of carboxylic acids is 1. The Morgan fingerprint density at radius 3 is 2.24 bits per heavy atom. The summed E-state index contributed by atoms with van der Waals surface area (Å²) >= 11 is 0. The number of carboxylic acid groups (broad SMARTS) is 1. The van der Waals surface area contributed by atoms with Crippen molar-refractivity contribution in [2.45, 2.75) is 57.8 Å². The number of aryl methyl sites for hydroxylation is 1. The molecule has 0 aliphatic heterocycles. The molecular formula is C16H22N2O3. The Morgan fingerprint density at radius 2 is 1.67 bits per heavy atom. The summed E-state index contributed by atoms with van der Waals surface area (Å²) in [5.41, 5.74) is 0.394. The molecular weight excluding hydrogens is 268 g/mol. The third-order valence-corrected chi connectivity index (χ3v) is 5.75. The first-order valence-electron chi connectivity index (χ1n) is 8.13. The van der Waals surface area contributed by atoms with E-state index < -0.39 is 5.97 Å². The molecule has 1 aromatic rings. The quantitative estimate of drug-likeness (QED) is 0.902. The lowest BCUT2D eigenvalue weighted by atomic mass is 9.49. The molecule has 0 spiro atoms. The second-order valence-electron chi connectivity index (χ2n) is 7.58. The van der Waals surface area contributed by atoms with E-state index in [4.69, 9.17) is 9.52 Å². The number of carbonyl (C=O) groups is 1. The van der Waals surface area contributed by atoms with Crippen molar-refractivity contribution in [3.05, 3.63) is 11.8 Å². The van der Waals surface area contributed by atoms with Crippen molar-refractivity contribution >= 4 is 5.97 Å². The van der Waals surface area contributed by atoms with E-state index in [1.165, 1.54) is 38.5 Å². The van der Waals surface area contributed by atoms with Crippen LogP contribution in [0.25, 0.3) is 0 Å². The van der Waals surface area contributed by atoms with Crippen LogP contribution in [0.2, 0.25) is 0 Å². The lowest BCUT2D eigenvalue weighted by Crippen LogP contribution is -2.47. The second kappa shape index (κ2) is 4.82. The van der Waals surface area contributed by atoms with Gasteiger partial charge in [0.1, 0.15) is 0 Å². The topological polar surface area (TPSA) is 76.2 Å². The summed E-state index contributed by atoms with van der Waals surface area (Å²) in [4.78, 5) is 10.6. The fourth-order valence-electron chi connectivity index (χ4n) is 5.50. The van der Waals surface area contributed by atoms with E-state index in [9.17, 15) is 4.79 Å². The normalized spacial score (nSPS) is 37.0. The predicted octanol–water partition coefficient (Wildman–Crippen LogP) is 2.85. The van der Waals surface area contributed by atoms with Gasteiger partial charge < -0.3 is 9.52 Å². The maximum Gasteiger partial charge on any atom is 0.303 e. The number of rotatable bonds is 5. The van der Waals surface area contributed by atoms with Crippen LogP contribution in [0.15, 0.2) is 4.42 Å². The molecule has 0 radical (unpaired) electrons. The van der Waals surface area contributed by atoms with E-state index in [1.807, 2.05) is 0 Å². The largest absolute Gasteiger partial charge is 0.481 e. The van der Waals surface area contributed by atoms with Crippen LogP contribution in [0.4, 0.5) is 0 Å². The van der Waals surface area contributed by atoms with Crippen LogP contribution in [0.3, 0.4) is 0 Å². The third kappa shape index (κ3) is 2.58. The molecule has 1 heterocycles. The fourth-order valence-corrected chi connectivity index (χ4v) is 5.50. The summed E-state index contributed by atoms with van der Waals surface area (Å²) in [5, 5.41) is 16.9. The van der Waals surface area contributed by atoms with Gasteiger partial charge in [0.25, 0.3) is 0 Å². The number of aromatic nitrogens is 2. The van der Waals surface area contributed by atoms with Gasteiger partial charge in [-0.15, -0.1) is 10.2 Å². The first-order chi connectivity index (χ1) is 10.1. The molecule has 4 aliphatic carbocycles. The van der Waals surface area contributed by atoms with Gasteiger partial charge in [0.2, 0.25) is 11.8 Å². The molecule has 0 amide bonds. The maximum atomic E-state index is 10.6. The highest BCUT2D eigenvalue weighted by molar-refractivity contribution is 5.66. The Kier molecular flexibility index (Phi) is 3.05. The summed E-state index contributed by atoms with van der Waals surface area (Å²) < 4.78 is 5.69. The van der Waals surface area contributed by atoms with Crippen LogP contribution in [0, 0.1) is 23.2 Å². The molecule has 4 aliphatic rings. The minimum atomic E-state index is -0.823. The standard InChI is InChI=1S/C16H22N2O3/c19-15(20)2-1-13-17-18-14(21-13)9-16-6-10-3-11(7-16)5-12(4-10)8-16/h10-12H,1-9H2,(H,19,20). The molecule has 0 aromatic carbocycles. The zero-order chi connectivity index (χ0) is 14.4. The highest BCUT2D eigenvalue weighted by atomic mass is 16.4. The van der Waals surface area contributed by atoms with Crippen molar-refractivity contribution in [3.8, 4) is 0 Å². The molecule has 4 saturated carbocycles. The number of nitrogens with zero attached hydrogens (tertiary/aromatic N) is 2. The van der Waals surface area contributed by atoms with E-state index in [2.05, 4.69) is 10.2 Å². The first-order valence-corrected chi connectivity index (χ1v) is 8.13. The summed E-state index contributed by atoms with van der Waals surface area (Å²) in [6.45, 7) is 0. The molecule has 1 N–H and O–H groups in total. The van der Waals surface area contributed by atoms with E-state index >= 15 is 0 Å². The van der Waals surface area contributed by atoms with Gasteiger partial charge in [0, 0.05) is 12.8 Å². The van der Waals surface area contributed by atoms with Gasteiger partial charge >= 0.3 is 5.97 Å². The van der Waals surface area contributed by atoms with Gasteiger partial charge in [-0.2, -0.15) is 0 Å². The monoisotopic (exact) mass is 290 g/mol. The summed E-state index contributed by atoms with van der Waals surface area (Å²) in [7, 11) is 0. The minimum absolute atomic E-state index is 0.0546. The lowest BCUT2D eigenvalue weighted by molar-refractivity contribution is -0.137. The Bertz CT molecular complexity index is 516. The fraction of sp³-hybridized carbons (Fsp3) is 0.812. The molecule has 0 saturated heterocycles. The number of hydrogen-bond acceptors (Lipinski definition) is 4. The van der Waals surface area contributed by atoms with Crippen LogP contribution in [0.5, 0.6) is 0 Å². The molecule has 0 unspecified atom stereocenters. The van der Waals surface area contributed by atoms with Gasteiger partial charge in [0.15, 0.2) is 0 Å². The predicted molar refractivity (Wildman–Crippen MR) is 74.6 cm³/mol. The third-order valence-electron chi connectivity index (χ3n) is 5.75. The highest BCUT2D eigenvalue weighted by Gasteiger charge is 2.51. The maximum absolute atomic E-state index is 10.6. The Morgan fingerprint density at radius 1 is 1.10 bits per heavy atom. The van der Waals surface area contributed by atoms with E-state index in [0.29, 0.717) is 17.7 Å². The summed E-state index contributed by atoms with van der Waals surface area (Å²) in [6, 6.07) is 0. The van der Waals surface area contributed by atoms with Crippen molar-refractivity contribution in [3.63, 3.8) is 0 Å². The Balaban J connectivity index is 1.45. The number of aliphatic carboxylic acids is 1.